The summed E-state index contributed by atoms with van der Waals surface area (Å²) < 4.78 is 2.16. The molecule has 0 bridgehead atoms. The summed E-state index contributed by atoms with van der Waals surface area (Å²) in [6.45, 7) is 1.11. The van der Waals surface area contributed by atoms with E-state index >= 15 is 0 Å². The Balaban J connectivity index is 1.87. The Morgan fingerprint density at radius 2 is 2.53 bits per heavy atom. The van der Waals surface area contributed by atoms with E-state index in [1.54, 1.807) is 6.20 Å². The summed E-state index contributed by atoms with van der Waals surface area (Å²) in [7, 11) is 2.07. The summed E-state index contributed by atoms with van der Waals surface area (Å²) >= 11 is 2.02. The van der Waals surface area contributed by atoms with Crippen LogP contribution in [0.5, 0.6) is 0 Å². The number of thioether (sulfide) groups is 1. The number of aryl methyl sites for hydroxylation is 1. The fraction of sp³-hybridized carbons (Fsp3) is 0.500. The molecular formula is C12H16N4S. The summed E-state index contributed by atoms with van der Waals surface area (Å²) in [5, 5.41) is 3.54. The van der Waals surface area contributed by atoms with Crippen LogP contribution in [-0.2, 0) is 13.5 Å². The molecule has 0 amide bonds. The zero-order valence-corrected chi connectivity index (χ0v) is 10.7. The topological polar surface area (TPSA) is 42.7 Å². The number of pyridine rings is 1. The van der Waals surface area contributed by atoms with Crippen molar-refractivity contribution in [3.05, 3.63) is 24.2 Å². The largest absolute Gasteiger partial charge is 0.330 e. The van der Waals surface area contributed by atoms with Crippen LogP contribution in [0.25, 0.3) is 11.2 Å². The van der Waals surface area contributed by atoms with Crippen LogP contribution in [0.3, 0.4) is 0 Å². The normalized spacial score (nSPS) is 20.9. The standard InChI is InChI=1S/C12H16N4S/c1-16-10-3-2-4-14-12(10)15-11(16)7-9-8-17-6-5-13-9/h2-4,9,13H,5-8H2,1H3. The smallest absolute Gasteiger partial charge is 0.177 e. The number of imidazole rings is 1. The molecule has 1 atom stereocenters. The molecule has 1 saturated heterocycles. The molecule has 1 unspecified atom stereocenters. The number of aromatic nitrogens is 3. The van der Waals surface area contributed by atoms with Gasteiger partial charge in [-0.3, -0.25) is 0 Å². The van der Waals surface area contributed by atoms with E-state index < -0.39 is 0 Å². The SMILES string of the molecule is Cn1c(CC2CSCCN2)nc2ncccc21. The van der Waals surface area contributed by atoms with Gasteiger partial charge >= 0.3 is 0 Å². The number of hydrogen-bond donors (Lipinski definition) is 1. The van der Waals surface area contributed by atoms with Gasteiger partial charge in [-0.2, -0.15) is 11.8 Å². The third-order valence-corrected chi connectivity index (χ3v) is 4.31. The molecule has 5 heteroatoms. The third-order valence-electron chi connectivity index (χ3n) is 3.18. The van der Waals surface area contributed by atoms with Crippen molar-refractivity contribution in [3.63, 3.8) is 0 Å². The van der Waals surface area contributed by atoms with Crippen LogP contribution in [0, 0.1) is 0 Å². The third kappa shape index (κ3) is 2.17. The van der Waals surface area contributed by atoms with Gasteiger partial charge in [0.1, 0.15) is 5.82 Å². The van der Waals surface area contributed by atoms with Crippen molar-refractivity contribution in [3.8, 4) is 0 Å². The van der Waals surface area contributed by atoms with E-state index in [2.05, 4.69) is 33.0 Å². The van der Waals surface area contributed by atoms with Gasteiger partial charge in [0.15, 0.2) is 5.65 Å². The Morgan fingerprint density at radius 1 is 1.59 bits per heavy atom. The molecule has 0 aromatic carbocycles. The lowest BCUT2D eigenvalue weighted by Gasteiger charge is -2.22. The van der Waals surface area contributed by atoms with E-state index in [-0.39, 0.29) is 0 Å². The highest BCUT2D eigenvalue weighted by Crippen LogP contribution is 2.16. The minimum atomic E-state index is 0.546. The van der Waals surface area contributed by atoms with Crippen LogP contribution < -0.4 is 5.32 Å². The van der Waals surface area contributed by atoms with Crippen molar-refractivity contribution < 1.29 is 0 Å². The van der Waals surface area contributed by atoms with Crippen molar-refractivity contribution in [2.75, 3.05) is 18.1 Å². The molecular weight excluding hydrogens is 232 g/mol. The highest BCUT2D eigenvalue weighted by atomic mass is 32.2. The van der Waals surface area contributed by atoms with E-state index in [9.17, 15) is 0 Å². The molecule has 1 fully saturated rings. The van der Waals surface area contributed by atoms with Crippen molar-refractivity contribution in [1.29, 1.82) is 0 Å². The van der Waals surface area contributed by atoms with Gasteiger partial charge in [0.25, 0.3) is 0 Å². The molecule has 1 N–H and O–H groups in total. The molecule has 1 aliphatic heterocycles. The summed E-state index contributed by atoms with van der Waals surface area (Å²) in [5.41, 5.74) is 1.97. The second-order valence-electron chi connectivity index (χ2n) is 4.36. The molecule has 4 nitrogen and oxygen atoms in total. The molecule has 0 radical (unpaired) electrons. The van der Waals surface area contributed by atoms with Gasteiger partial charge in [0.2, 0.25) is 0 Å². The first-order valence-corrected chi connectivity index (χ1v) is 7.07. The highest BCUT2D eigenvalue weighted by molar-refractivity contribution is 7.99. The lowest BCUT2D eigenvalue weighted by Crippen LogP contribution is -2.39. The second kappa shape index (κ2) is 4.66. The second-order valence-corrected chi connectivity index (χ2v) is 5.51. The first-order valence-electron chi connectivity index (χ1n) is 5.92. The molecule has 17 heavy (non-hydrogen) atoms. The zero-order chi connectivity index (χ0) is 11.7. The van der Waals surface area contributed by atoms with E-state index in [0.29, 0.717) is 6.04 Å². The summed E-state index contributed by atoms with van der Waals surface area (Å²) in [4.78, 5) is 8.91. The quantitative estimate of drug-likeness (QED) is 0.867. The minimum Gasteiger partial charge on any atom is -0.330 e. The Kier molecular flexibility index (Phi) is 3.03. The molecule has 90 valence electrons. The number of nitrogens with zero attached hydrogens (tertiary/aromatic N) is 3. The monoisotopic (exact) mass is 248 g/mol. The van der Waals surface area contributed by atoms with Crippen LogP contribution in [0.1, 0.15) is 5.82 Å². The predicted octanol–water partition coefficient (Wildman–Crippen LogP) is 1.22. The van der Waals surface area contributed by atoms with Crippen LogP contribution in [-0.4, -0.2) is 38.6 Å². The lowest BCUT2D eigenvalue weighted by atomic mass is 10.2. The van der Waals surface area contributed by atoms with Crippen molar-refractivity contribution >= 4 is 22.9 Å². The van der Waals surface area contributed by atoms with Crippen LogP contribution in [0.4, 0.5) is 0 Å². The van der Waals surface area contributed by atoms with Gasteiger partial charge in [0, 0.05) is 43.8 Å². The fourth-order valence-electron chi connectivity index (χ4n) is 2.23. The lowest BCUT2D eigenvalue weighted by molar-refractivity contribution is 0.543. The van der Waals surface area contributed by atoms with Gasteiger partial charge in [-0.25, -0.2) is 9.97 Å². The molecule has 2 aromatic rings. The molecule has 0 aliphatic carbocycles. The van der Waals surface area contributed by atoms with Gasteiger partial charge in [-0.15, -0.1) is 0 Å². The average molecular weight is 248 g/mol. The Hall–Kier alpha value is -1.07. The Labute approximate surface area is 105 Å². The van der Waals surface area contributed by atoms with E-state index in [4.69, 9.17) is 0 Å². The van der Waals surface area contributed by atoms with Gasteiger partial charge in [0.05, 0.1) is 5.52 Å². The van der Waals surface area contributed by atoms with Crippen LogP contribution >= 0.6 is 11.8 Å². The molecule has 3 rings (SSSR count). The highest BCUT2D eigenvalue weighted by Gasteiger charge is 2.17. The van der Waals surface area contributed by atoms with Crippen molar-refractivity contribution in [2.45, 2.75) is 12.5 Å². The minimum absolute atomic E-state index is 0.546. The summed E-state index contributed by atoms with van der Waals surface area (Å²) in [6, 6.07) is 4.58. The number of hydrogen-bond acceptors (Lipinski definition) is 4. The van der Waals surface area contributed by atoms with E-state index in [1.807, 2.05) is 17.8 Å². The number of fused-ring (bicyclic) bond motifs is 1. The van der Waals surface area contributed by atoms with Crippen molar-refractivity contribution in [2.24, 2.45) is 7.05 Å². The van der Waals surface area contributed by atoms with Crippen LogP contribution in [0.15, 0.2) is 18.3 Å². The van der Waals surface area contributed by atoms with Gasteiger partial charge in [-0.05, 0) is 12.1 Å². The first kappa shape index (κ1) is 11.0. The average Bonchev–Trinajstić information content (AvgIpc) is 2.68. The molecule has 2 aromatic heterocycles. The molecule has 3 heterocycles. The molecule has 0 saturated carbocycles. The fourth-order valence-corrected chi connectivity index (χ4v) is 3.18. The maximum Gasteiger partial charge on any atom is 0.177 e. The Morgan fingerprint density at radius 3 is 3.29 bits per heavy atom. The maximum absolute atomic E-state index is 4.61. The van der Waals surface area contributed by atoms with Gasteiger partial charge in [-0.1, -0.05) is 0 Å². The Bertz CT molecular complexity index is 516. The van der Waals surface area contributed by atoms with Crippen molar-refractivity contribution in [1.82, 2.24) is 19.9 Å². The predicted molar refractivity (Wildman–Crippen MR) is 71.3 cm³/mol. The molecule has 0 spiro atoms. The number of nitrogens with one attached hydrogen (secondary N) is 1. The first-order chi connectivity index (χ1) is 8.34. The van der Waals surface area contributed by atoms with Gasteiger partial charge < -0.3 is 9.88 Å². The maximum atomic E-state index is 4.61. The zero-order valence-electron chi connectivity index (χ0n) is 9.89. The van der Waals surface area contributed by atoms with E-state index in [0.717, 1.165) is 30.0 Å². The summed E-state index contributed by atoms with van der Waals surface area (Å²) in [6.07, 6.45) is 2.79. The molecule has 1 aliphatic rings. The van der Waals surface area contributed by atoms with E-state index in [1.165, 1.54) is 11.5 Å². The number of rotatable bonds is 2. The summed E-state index contributed by atoms with van der Waals surface area (Å²) in [5.74, 6) is 3.52. The van der Waals surface area contributed by atoms with Crippen LogP contribution in [0.2, 0.25) is 0 Å².